The summed E-state index contributed by atoms with van der Waals surface area (Å²) in [5.41, 5.74) is 1.36. The fourth-order valence-corrected chi connectivity index (χ4v) is 3.11. The van der Waals surface area contributed by atoms with Crippen molar-refractivity contribution in [2.24, 2.45) is 0 Å². The van der Waals surface area contributed by atoms with Gasteiger partial charge in [-0.25, -0.2) is 0 Å². The largest absolute Gasteiger partial charge is 0.310 e. The molecule has 19 heavy (non-hydrogen) atoms. The number of nitrogens with one attached hydrogen (secondary N) is 1. The molecule has 0 saturated carbocycles. The first-order chi connectivity index (χ1) is 9.16. The number of halogens is 1. The van der Waals surface area contributed by atoms with Crippen molar-refractivity contribution in [3.05, 3.63) is 34.3 Å². The molecule has 0 amide bonds. The highest BCUT2D eigenvalue weighted by Crippen LogP contribution is 2.19. The summed E-state index contributed by atoms with van der Waals surface area (Å²) in [7, 11) is 2.27. The average Bonchev–Trinajstić information content (AvgIpc) is 2.41. The number of hydrogen-bond acceptors (Lipinski definition) is 2. The summed E-state index contributed by atoms with van der Waals surface area (Å²) in [6.45, 7) is 4.62. The van der Waals surface area contributed by atoms with Crippen LogP contribution in [0.4, 0.5) is 0 Å². The third-order valence-electron chi connectivity index (χ3n) is 4.22. The van der Waals surface area contributed by atoms with E-state index in [1.807, 2.05) is 0 Å². The van der Waals surface area contributed by atoms with Gasteiger partial charge in [0.15, 0.2) is 0 Å². The van der Waals surface area contributed by atoms with Crippen molar-refractivity contribution in [1.29, 1.82) is 0 Å². The number of rotatable bonds is 5. The molecule has 1 unspecified atom stereocenters. The predicted octanol–water partition coefficient (Wildman–Crippen LogP) is 3.97. The van der Waals surface area contributed by atoms with Crippen LogP contribution in [0.2, 0.25) is 0 Å². The van der Waals surface area contributed by atoms with Crippen LogP contribution in [0.25, 0.3) is 0 Å². The van der Waals surface area contributed by atoms with E-state index in [4.69, 9.17) is 0 Å². The van der Waals surface area contributed by atoms with Crippen LogP contribution < -0.4 is 5.32 Å². The smallest absolute Gasteiger partial charge is 0.0291 e. The van der Waals surface area contributed by atoms with Gasteiger partial charge in [-0.1, -0.05) is 34.5 Å². The summed E-state index contributed by atoms with van der Waals surface area (Å²) in [5, 5.41) is 3.64. The van der Waals surface area contributed by atoms with Crippen molar-refractivity contribution >= 4 is 15.9 Å². The number of piperidine rings is 1. The van der Waals surface area contributed by atoms with Crippen molar-refractivity contribution in [3.63, 3.8) is 0 Å². The molecule has 2 atom stereocenters. The lowest BCUT2D eigenvalue weighted by Crippen LogP contribution is -2.38. The van der Waals surface area contributed by atoms with E-state index in [1.54, 1.807) is 0 Å². The summed E-state index contributed by atoms with van der Waals surface area (Å²) < 4.78 is 1.15. The molecule has 2 rings (SSSR count). The molecule has 1 fully saturated rings. The lowest BCUT2D eigenvalue weighted by atomic mass is 10.00. The van der Waals surface area contributed by atoms with Gasteiger partial charge in [0.25, 0.3) is 0 Å². The van der Waals surface area contributed by atoms with Crippen LogP contribution in [0.3, 0.4) is 0 Å². The molecule has 1 aromatic carbocycles. The van der Waals surface area contributed by atoms with Gasteiger partial charge < -0.3 is 10.2 Å². The Bertz CT molecular complexity index is 377. The first-order valence-corrected chi connectivity index (χ1v) is 8.15. The van der Waals surface area contributed by atoms with Gasteiger partial charge in [-0.05, 0) is 64.0 Å². The first kappa shape index (κ1) is 15.0. The van der Waals surface area contributed by atoms with Crippen LogP contribution in [0.15, 0.2) is 28.7 Å². The van der Waals surface area contributed by atoms with Gasteiger partial charge in [-0.3, -0.25) is 0 Å². The average molecular weight is 325 g/mol. The Labute approximate surface area is 125 Å². The summed E-state index contributed by atoms with van der Waals surface area (Å²) in [4.78, 5) is 2.52. The molecular weight excluding hydrogens is 300 g/mol. The summed E-state index contributed by atoms with van der Waals surface area (Å²) >= 11 is 3.48. The molecule has 0 radical (unpaired) electrons. The van der Waals surface area contributed by atoms with Crippen molar-refractivity contribution < 1.29 is 0 Å². The Balaban J connectivity index is 1.74. The maximum atomic E-state index is 3.64. The van der Waals surface area contributed by atoms with E-state index in [1.165, 1.54) is 37.8 Å². The first-order valence-electron chi connectivity index (χ1n) is 7.36. The van der Waals surface area contributed by atoms with Crippen LogP contribution in [-0.4, -0.2) is 31.1 Å². The molecule has 3 heteroatoms. The molecule has 1 aromatic rings. The number of benzene rings is 1. The number of nitrogens with zero attached hydrogens (tertiary/aromatic N) is 1. The van der Waals surface area contributed by atoms with Gasteiger partial charge in [0.2, 0.25) is 0 Å². The third kappa shape index (κ3) is 4.59. The zero-order valence-electron chi connectivity index (χ0n) is 12.0. The summed E-state index contributed by atoms with van der Waals surface area (Å²) in [5.74, 6) is 0. The van der Waals surface area contributed by atoms with Crippen LogP contribution in [-0.2, 0) is 0 Å². The molecule has 0 aliphatic carbocycles. The number of hydrogen-bond donors (Lipinski definition) is 1. The molecule has 0 aromatic heterocycles. The monoisotopic (exact) mass is 324 g/mol. The highest BCUT2D eigenvalue weighted by atomic mass is 79.9. The molecule has 1 N–H and O–H groups in total. The van der Waals surface area contributed by atoms with Crippen molar-refractivity contribution in [1.82, 2.24) is 10.2 Å². The topological polar surface area (TPSA) is 15.3 Å². The summed E-state index contributed by atoms with van der Waals surface area (Å²) in [6, 6.07) is 9.81. The normalized spacial score (nSPS) is 22.4. The zero-order chi connectivity index (χ0) is 13.7. The molecular formula is C16H25BrN2. The van der Waals surface area contributed by atoms with E-state index in [0.717, 1.165) is 17.1 Å². The second kappa shape index (κ2) is 7.41. The molecule has 0 spiro atoms. The minimum atomic E-state index is 0.432. The lowest BCUT2D eigenvalue weighted by molar-refractivity contribution is 0.174. The predicted molar refractivity (Wildman–Crippen MR) is 85.4 cm³/mol. The third-order valence-corrected chi connectivity index (χ3v) is 4.75. The van der Waals surface area contributed by atoms with E-state index in [-0.39, 0.29) is 0 Å². The van der Waals surface area contributed by atoms with E-state index < -0.39 is 0 Å². The van der Waals surface area contributed by atoms with Crippen molar-refractivity contribution in [3.8, 4) is 0 Å². The second-order valence-electron chi connectivity index (χ2n) is 5.65. The van der Waals surface area contributed by atoms with Crippen LogP contribution >= 0.6 is 15.9 Å². The summed E-state index contributed by atoms with van der Waals surface area (Å²) in [6.07, 6.45) is 5.40. The highest BCUT2D eigenvalue weighted by Gasteiger charge is 2.18. The Kier molecular flexibility index (Phi) is 5.86. The standard InChI is InChI=1S/C16H25BrN2/c1-13(14-6-8-15(17)9-7-14)18-11-10-16-5-3-4-12-19(16)2/h6-9,13,16,18H,3-5,10-12H2,1-2H3/t13-,16?/m1/s1. The van der Waals surface area contributed by atoms with Gasteiger partial charge in [0, 0.05) is 16.6 Å². The SMILES string of the molecule is C[C@@H](NCCC1CCCCN1C)c1ccc(Br)cc1. The van der Waals surface area contributed by atoms with Crippen LogP contribution in [0.1, 0.15) is 44.2 Å². The van der Waals surface area contributed by atoms with Gasteiger partial charge in [-0.2, -0.15) is 0 Å². The lowest BCUT2D eigenvalue weighted by Gasteiger charge is -2.32. The molecule has 1 aliphatic rings. The van der Waals surface area contributed by atoms with Gasteiger partial charge in [0.1, 0.15) is 0 Å². The quantitative estimate of drug-likeness (QED) is 0.881. The van der Waals surface area contributed by atoms with E-state index in [9.17, 15) is 0 Å². The zero-order valence-corrected chi connectivity index (χ0v) is 13.6. The molecule has 1 heterocycles. The highest BCUT2D eigenvalue weighted by molar-refractivity contribution is 9.10. The fourth-order valence-electron chi connectivity index (χ4n) is 2.84. The molecule has 106 valence electrons. The molecule has 2 nitrogen and oxygen atoms in total. The van der Waals surface area contributed by atoms with Crippen molar-refractivity contribution in [2.75, 3.05) is 20.1 Å². The van der Waals surface area contributed by atoms with Crippen LogP contribution in [0.5, 0.6) is 0 Å². The Morgan fingerprint density at radius 2 is 2.05 bits per heavy atom. The number of likely N-dealkylation sites (tertiary alicyclic amines) is 1. The fraction of sp³-hybridized carbons (Fsp3) is 0.625. The van der Waals surface area contributed by atoms with E-state index in [0.29, 0.717) is 6.04 Å². The Morgan fingerprint density at radius 3 is 2.74 bits per heavy atom. The maximum absolute atomic E-state index is 3.64. The van der Waals surface area contributed by atoms with Gasteiger partial charge >= 0.3 is 0 Å². The van der Waals surface area contributed by atoms with Gasteiger partial charge in [0.05, 0.1) is 0 Å². The van der Waals surface area contributed by atoms with E-state index in [2.05, 4.69) is 64.4 Å². The minimum absolute atomic E-state index is 0.432. The molecule has 1 saturated heterocycles. The Hall–Kier alpha value is -0.380. The minimum Gasteiger partial charge on any atom is -0.310 e. The van der Waals surface area contributed by atoms with Crippen LogP contribution in [0, 0.1) is 0 Å². The van der Waals surface area contributed by atoms with Gasteiger partial charge in [-0.15, -0.1) is 0 Å². The maximum Gasteiger partial charge on any atom is 0.0291 e. The van der Waals surface area contributed by atoms with Crippen molar-refractivity contribution in [2.45, 2.75) is 44.7 Å². The Morgan fingerprint density at radius 1 is 1.32 bits per heavy atom. The molecule has 0 bridgehead atoms. The second-order valence-corrected chi connectivity index (χ2v) is 6.56. The van der Waals surface area contributed by atoms with E-state index >= 15 is 0 Å². The molecule has 1 aliphatic heterocycles.